The van der Waals surface area contributed by atoms with E-state index in [-0.39, 0.29) is 5.91 Å². The standard InChI is InChI=1S/C19H19N3OS/c1-14-7-9-16(10-8-14)11-20-21-19-22(18(23)13-24-19)12-17-6-4-3-5-15(17)2/h3-11H,12-13H2,1-2H3/b20-11+,21-19-. The molecule has 1 amide bonds. The Hall–Kier alpha value is -2.40. The molecule has 0 unspecified atom stereocenters. The average molecular weight is 337 g/mol. The maximum absolute atomic E-state index is 12.1. The number of hydrogen-bond donors (Lipinski definition) is 0. The number of benzene rings is 2. The minimum Gasteiger partial charge on any atom is -0.285 e. The van der Waals surface area contributed by atoms with Crippen LogP contribution < -0.4 is 0 Å². The third kappa shape index (κ3) is 3.92. The first-order chi connectivity index (χ1) is 11.6. The Morgan fingerprint density at radius 3 is 2.62 bits per heavy atom. The van der Waals surface area contributed by atoms with E-state index in [1.165, 1.54) is 22.9 Å². The van der Waals surface area contributed by atoms with E-state index in [0.717, 1.165) is 11.1 Å². The molecular formula is C19H19N3OS. The van der Waals surface area contributed by atoms with Crippen LogP contribution in [-0.2, 0) is 11.3 Å². The largest absolute Gasteiger partial charge is 0.285 e. The molecule has 24 heavy (non-hydrogen) atoms. The number of thioether (sulfide) groups is 1. The van der Waals surface area contributed by atoms with Crippen LogP contribution in [0.2, 0.25) is 0 Å². The zero-order valence-electron chi connectivity index (χ0n) is 13.8. The lowest BCUT2D eigenvalue weighted by Crippen LogP contribution is -2.29. The van der Waals surface area contributed by atoms with Crippen molar-refractivity contribution in [1.29, 1.82) is 0 Å². The molecule has 1 aliphatic rings. The van der Waals surface area contributed by atoms with Gasteiger partial charge in [-0.25, -0.2) is 0 Å². The summed E-state index contributed by atoms with van der Waals surface area (Å²) in [5.41, 5.74) is 4.50. The van der Waals surface area contributed by atoms with Gasteiger partial charge in [-0.2, -0.15) is 5.10 Å². The Morgan fingerprint density at radius 1 is 1.12 bits per heavy atom. The maximum Gasteiger partial charge on any atom is 0.239 e. The Kier molecular flexibility index (Phi) is 5.11. The molecule has 122 valence electrons. The molecule has 3 rings (SSSR count). The van der Waals surface area contributed by atoms with Crippen molar-refractivity contribution in [2.24, 2.45) is 10.2 Å². The highest BCUT2D eigenvalue weighted by atomic mass is 32.2. The summed E-state index contributed by atoms with van der Waals surface area (Å²) < 4.78 is 0. The molecule has 2 aromatic rings. The Morgan fingerprint density at radius 2 is 1.88 bits per heavy atom. The topological polar surface area (TPSA) is 45.0 Å². The third-order valence-electron chi connectivity index (χ3n) is 3.87. The second-order valence-corrected chi connectivity index (χ2v) is 6.68. The summed E-state index contributed by atoms with van der Waals surface area (Å²) in [5.74, 6) is 0.498. The van der Waals surface area contributed by atoms with Crippen LogP contribution in [0.3, 0.4) is 0 Å². The maximum atomic E-state index is 12.1. The van der Waals surface area contributed by atoms with Crippen LogP contribution in [0.1, 0.15) is 22.3 Å². The molecule has 0 spiro atoms. The fourth-order valence-corrected chi connectivity index (χ4v) is 3.22. The second-order valence-electron chi connectivity index (χ2n) is 5.73. The van der Waals surface area contributed by atoms with Crippen LogP contribution in [0.15, 0.2) is 58.7 Å². The Labute approximate surface area is 146 Å². The lowest BCUT2D eigenvalue weighted by Gasteiger charge is -2.16. The van der Waals surface area contributed by atoms with Crippen molar-refractivity contribution in [3.8, 4) is 0 Å². The number of carbonyl (C=O) groups excluding carboxylic acids is 1. The van der Waals surface area contributed by atoms with E-state index in [2.05, 4.69) is 23.2 Å². The van der Waals surface area contributed by atoms with Crippen molar-refractivity contribution in [2.45, 2.75) is 20.4 Å². The first kappa shape index (κ1) is 16.5. The lowest BCUT2D eigenvalue weighted by atomic mass is 10.1. The van der Waals surface area contributed by atoms with Gasteiger partial charge in [-0.05, 0) is 30.5 Å². The van der Waals surface area contributed by atoms with Crippen molar-refractivity contribution < 1.29 is 4.79 Å². The van der Waals surface area contributed by atoms with E-state index in [4.69, 9.17) is 0 Å². The molecule has 0 bridgehead atoms. The highest BCUT2D eigenvalue weighted by Gasteiger charge is 2.28. The minimum atomic E-state index is 0.0764. The molecule has 1 fully saturated rings. The van der Waals surface area contributed by atoms with Crippen LogP contribution in [0.4, 0.5) is 0 Å². The molecule has 0 saturated carbocycles. The molecule has 0 atom stereocenters. The summed E-state index contributed by atoms with van der Waals surface area (Å²) in [6.07, 6.45) is 1.71. The van der Waals surface area contributed by atoms with E-state index in [0.29, 0.717) is 17.5 Å². The van der Waals surface area contributed by atoms with E-state index in [9.17, 15) is 4.79 Å². The Bertz CT molecular complexity index is 797. The molecule has 0 aliphatic carbocycles. The number of carbonyl (C=O) groups is 1. The van der Waals surface area contributed by atoms with Crippen molar-refractivity contribution in [1.82, 2.24) is 4.90 Å². The summed E-state index contributed by atoms with van der Waals surface area (Å²) in [6.45, 7) is 4.64. The second kappa shape index (κ2) is 7.45. The van der Waals surface area contributed by atoms with Crippen LogP contribution in [-0.4, -0.2) is 27.9 Å². The minimum absolute atomic E-state index is 0.0764. The van der Waals surface area contributed by atoms with Gasteiger partial charge in [0.05, 0.1) is 18.5 Å². The van der Waals surface area contributed by atoms with Gasteiger partial charge in [0.1, 0.15) is 0 Å². The van der Waals surface area contributed by atoms with Gasteiger partial charge in [0, 0.05) is 0 Å². The van der Waals surface area contributed by atoms with Crippen LogP contribution in [0.25, 0.3) is 0 Å². The zero-order valence-corrected chi connectivity index (χ0v) is 14.6. The van der Waals surface area contributed by atoms with Crippen molar-refractivity contribution in [2.75, 3.05) is 5.75 Å². The third-order valence-corrected chi connectivity index (χ3v) is 4.83. The lowest BCUT2D eigenvalue weighted by molar-refractivity contribution is -0.124. The van der Waals surface area contributed by atoms with E-state index < -0.39 is 0 Å². The fourth-order valence-electron chi connectivity index (χ4n) is 2.38. The molecule has 0 N–H and O–H groups in total. The summed E-state index contributed by atoms with van der Waals surface area (Å²) in [4.78, 5) is 13.9. The smallest absolute Gasteiger partial charge is 0.239 e. The summed E-state index contributed by atoms with van der Waals surface area (Å²) in [6, 6.07) is 16.1. The van der Waals surface area contributed by atoms with Gasteiger partial charge in [0.15, 0.2) is 5.17 Å². The molecule has 2 aromatic carbocycles. The fraction of sp³-hybridized carbons (Fsp3) is 0.211. The SMILES string of the molecule is Cc1ccc(/C=N/N=C2\SCC(=O)N2Cc2ccccc2C)cc1. The predicted molar refractivity (Wildman–Crippen MR) is 100 cm³/mol. The highest BCUT2D eigenvalue weighted by molar-refractivity contribution is 8.15. The van der Waals surface area contributed by atoms with Crippen molar-refractivity contribution >= 4 is 29.1 Å². The van der Waals surface area contributed by atoms with E-state index in [1.54, 1.807) is 11.1 Å². The van der Waals surface area contributed by atoms with Gasteiger partial charge in [0.25, 0.3) is 0 Å². The molecule has 0 radical (unpaired) electrons. The average Bonchev–Trinajstić information content (AvgIpc) is 2.92. The Balaban J connectivity index is 1.75. The predicted octanol–water partition coefficient (Wildman–Crippen LogP) is 3.77. The van der Waals surface area contributed by atoms with Crippen molar-refractivity contribution in [3.05, 3.63) is 70.8 Å². The molecule has 1 aliphatic heterocycles. The number of hydrogen-bond acceptors (Lipinski definition) is 4. The van der Waals surface area contributed by atoms with Gasteiger partial charge in [-0.3, -0.25) is 9.69 Å². The van der Waals surface area contributed by atoms with E-state index in [1.807, 2.05) is 49.4 Å². The normalized spacial score (nSPS) is 16.5. The van der Waals surface area contributed by atoms with Gasteiger partial charge in [0.2, 0.25) is 5.91 Å². The molecular weight excluding hydrogens is 318 g/mol. The number of amidine groups is 1. The molecule has 0 aromatic heterocycles. The summed E-state index contributed by atoms with van der Waals surface area (Å²) >= 11 is 1.43. The van der Waals surface area contributed by atoms with Gasteiger partial charge >= 0.3 is 0 Å². The summed E-state index contributed by atoms with van der Waals surface area (Å²) in [5, 5.41) is 9.06. The van der Waals surface area contributed by atoms with Crippen LogP contribution >= 0.6 is 11.8 Å². The number of nitrogens with zero attached hydrogens (tertiary/aromatic N) is 3. The first-order valence-electron chi connectivity index (χ1n) is 7.79. The van der Waals surface area contributed by atoms with Gasteiger partial charge in [-0.1, -0.05) is 65.9 Å². The zero-order chi connectivity index (χ0) is 16.9. The molecule has 5 heteroatoms. The van der Waals surface area contributed by atoms with Crippen molar-refractivity contribution in [3.63, 3.8) is 0 Å². The monoisotopic (exact) mass is 337 g/mol. The van der Waals surface area contributed by atoms with E-state index >= 15 is 0 Å². The van der Waals surface area contributed by atoms with Gasteiger partial charge < -0.3 is 0 Å². The molecule has 1 saturated heterocycles. The summed E-state index contributed by atoms with van der Waals surface area (Å²) in [7, 11) is 0. The molecule has 1 heterocycles. The highest BCUT2D eigenvalue weighted by Crippen LogP contribution is 2.23. The molecule has 4 nitrogen and oxygen atoms in total. The number of aryl methyl sites for hydroxylation is 2. The first-order valence-corrected chi connectivity index (χ1v) is 8.77. The van der Waals surface area contributed by atoms with Gasteiger partial charge in [-0.15, -0.1) is 5.10 Å². The van der Waals surface area contributed by atoms with Crippen LogP contribution in [0, 0.1) is 13.8 Å². The number of amides is 1. The number of rotatable bonds is 4. The quantitative estimate of drug-likeness (QED) is 0.630. The van der Waals surface area contributed by atoms with Crippen LogP contribution in [0.5, 0.6) is 0 Å².